The first-order valence-electron chi connectivity index (χ1n) is 11.9. The van der Waals surface area contributed by atoms with E-state index in [9.17, 15) is 20.0 Å². The first-order chi connectivity index (χ1) is 16.8. The summed E-state index contributed by atoms with van der Waals surface area (Å²) in [5.41, 5.74) is 2.49. The maximum atomic E-state index is 12.7. The predicted molar refractivity (Wildman–Crippen MR) is 134 cm³/mol. The highest BCUT2D eigenvalue weighted by Crippen LogP contribution is 2.33. The molecular formula is C26H30N6O3. The number of hydrogen-bond donors (Lipinski definition) is 1. The summed E-state index contributed by atoms with van der Waals surface area (Å²) in [7, 11) is 1.66. The number of carboxylic acids is 1. The van der Waals surface area contributed by atoms with E-state index in [2.05, 4.69) is 46.6 Å². The number of aromatic nitrogens is 3. The molecule has 9 heteroatoms. The van der Waals surface area contributed by atoms with Crippen LogP contribution in [-0.4, -0.2) is 55.7 Å². The molecule has 0 amide bonds. The fourth-order valence-electron chi connectivity index (χ4n) is 4.99. The van der Waals surface area contributed by atoms with Gasteiger partial charge in [-0.25, -0.2) is 14.6 Å². The normalized spacial score (nSPS) is 19.5. The third-order valence-electron chi connectivity index (χ3n) is 7.14. The minimum atomic E-state index is -0.933. The van der Waals surface area contributed by atoms with Crippen LogP contribution in [0.1, 0.15) is 61.3 Å². The third-order valence-corrected chi connectivity index (χ3v) is 7.14. The molecule has 0 radical (unpaired) electrons. The quantitative estimate of drug-likeness (QED) is 0.578. The van der Waals surface area contributed by atoms with Crippen molar-refractivity contribution in [3.63, 3.8) is 0 Å². The zero-order valence-corrected chi connectivity index (χ0v) is 20.5. The molecule has 0 spiro atoms. The van der Waals surface area contributed by atoms with Crippen molar-refractivity contribution >= 4 is 22.8 Å². The molecule has 2 aromatic heterocycles. The molecule has 3 heterocycles. The number of aromatic carboxylic acids is 1. The molecule has 0 aliphatic carbocycles. The molecule has 0 saturated carbocycles. The highest BCUT2D eigenvalue weighted by molar-refractivity contribution is 5.87. The van der Waals surface area contributed by atoms with Gasteiger partial charge in [0.25, 0.3) is 0 Å². The Labute approximate surface area is 204 Å². The number of fused-ring (bicyclic) bond motifs is 1. The smallest absolute Gasteiger partial charge is 0.349 e. The second-order valence-electron chi connectivity index (χ2n) is 9.03. The zero-order chi connectivity index (χ0) is 25.3. The van der Waals surface area contributed by atoms with Crippen molar-refractivity contribution in [2.24, 2.45) is 7.05 Å². The van der Waals surface area contributed by atoms with Gasteiger partial charge in [0.15, 0.2) is 5.82 Å². The summed E-state index contributed by atoms with van der Waals surface area (Å²) in [5.74, 6) is -0.402. The van der Waals surface area contributed by atoms with Gasteiger partial charge in [-0.3, -0.25) is 9.47 Å². The number of hydrogen-bond acceptors (Lipinski definition) is 7. The third kappa shape index (κ3) is 4.49. The van der Waals surface area contributed by atoms with Crippen molar-refractivity contribution in [3.8, 4) is 6.07 Å². The molecule has 1 N–H and O–H groups in total. The minimum absolute atomic E-state index is 0.0916. The molecule has 1 saturated heterocycles. The van der Waals surface area contributed by atoms with Gasteiger partial charge in [0, 0.05) is 38.3 Å². The number of pyridine rings is 1. The van der Waals surface area contributed by atoms with Crippen molar-refractivity contribution in [2.45, 2.75) is 51.7 Å². The van der Waals surface area contributed by atoms with E-state index in [1.54, 1.807) is 31.3 Å². The topological polar surface area (TPSA) is 115 Å². The van der Waals surface area contributed by atoms with Crippen LogP contribution in [0.5, 0.6) is 0 Å². The first-order valence-corrected chi connectivity index (χ1v) is 11.9. The highest BCUT2D eigenvalue weighted by atomic mass is 16.4. The number of benzene rings is 1. The second kappa shape index (κ2) is 9.84. The molecule has 0 bridgehead atoms. The summed E-state index contributed by atoms with van der Waals surface area (Å²) < 4.78 is 1.46. The van der Waals surface area contributed by atoms with E-state index in [1.165, 1.54) is 4.57 Å². The van der Waals surface area contributed by atoms with Crippen molar-refractivity contribution < 1.29 is 9.90 Å². The molecule has 1 aliphatic heterocycles. The van der Waals surface area contributed by atoms with E-state index in [1.807, 2.05) is 12.1 Å². The van der Waals surface area contributed by atoms with Crippen LogP contribution in [0.25, 0.3) is 11.0 Å². The number of anilines is 1. The Hall–Kier alpha value is -3.77. The summed E-state index contributed by atoms with van der Waals surface area (Å²) in [5, 5.41) is 18.6. The molecule has 3 aromatic rings. The highest BCUT2D eigenvalue weighted by Gasteiger charge is 2.36. The molecule has 1 aliphatic rings. The second-order valence-corrected chi connectivity index (χ2v) is 9.03. The van der Waals surface area contributed by atoms with E-state index in [0.29, 0.717) is 23.4 Å². The van der Waals surface area contributed by atoms with Crippen LogP contribution in [-0.2, 0) is 7.05 Å². The molecule has 35 heavy (non-hydrogen) atoms. The van der Waals surface area contributed by atoms with Gasteiger partial charge in [-0.05, 0) is 49.6 Å². The Kier molecular flexibility index (Phi) is 6.85. The van der Waals surface area contributed by atoms with E-state index < -0.39 is 5.97 Å². The molecule has 3 atom stereocenters. The van der Waals surface area contributed by atoms with Crippen molar-refractivity contribution in [3.05, 3.63) is 63.7 Å². The van der Waals surface area contributed by atoms with Gasteiger partial charge in [0.05, 0.1) is 11.1 Å². The first kappa shape index (κ1) is 24.4. The number of nitriles is 1. The Morgan fingerprint density at radius 3 is 2.40 bits per heavy atom. The average Bonchev–Trinajstić information content (AvgIpc) is 2.89. The van der Waals surface area contributed by atoms with E-state index in [0.717, 1.165) is 24.9 Å². The van der Waals surface area contributed by atoms with E-state index >= 15 is 0 Å². The van der Waals surface area contributed by atoms with E-state index in [-0.39, 0.29) is 35.1 Å². The van der Waals surface area contributed by atoms with Crippen molar-refractivity contribution in [2.75, 3.05) is 18.0 Å². The number of rotatable bonds is 6. The maximum Gasteiger partial charge on any atom is 0.349 e. The molecule has 1 fully saturated rings. The summed E-state index contributed by atoms with van der Waals surface area (Å²) in [6, 6.07) is 12.9. The number of carboxylic acid groups (broad SMARTS) is 1. The summed E-state index contributed by atoms with van der Waals surface area (Å²) in [4.78, 5) is 37.5. The lowest BCUT2D eigenvalue weighted by atomic mass is 9.96. The Morgan fingerprint density at radius 2 is 1.80 bits per heavy atom. The largest absolute Gasteiger partial charge is 0.478 e. The molecule has 1 unspecified atom stereocenters. The van der Waals surface area contributed by atoms with Crippen molar-refractivity contribution in [1.29, 1.82) is 5.26 Å². The van der Waals surface area contributed by atoms with Gasteiger partial charge >= 0.3 is 11.7 Å². The van der Waals surface area contributed by atoms with Crippen LogP contribution in [0, 0.1) is 11.3 Å². The lowest BCUT2D eigenvalue weighted by Crippen LogP contribution is -2.59. The summed E-state index contributed by atoms with van der Waals surface area (Å²) in [6.45, 7) is 7.83. The van der Waals surface area contributed by atoms with Crippen LogP contribution < -0.4 is 10.6 Å². The number of carbonyl (C=O) groups is 1. The lowest BCUT2D eigenvalue weighted by molar-refractivity contribution is 0.0696. The maximum absolute atomic E-state index is 12.7. The molecule has 182 valence electrons. The number of nitrogens with zero attached hydrogens (tertiary/aromatic N) is 6. The van der Waals surface area contributed by atoms with Gasteiger partial charge in [0.2, 0.25) is 0 Å². The number of piperazine rings is 1. The van der Waals surface area contributed by atoms with Crippen LogP contribution in [0.3, 0.4) is 0 Å². The van der Waals surface area contributed by atoms with E-state index in [4.69, 9.17) is 0 Å². The van der Waals surface area contributed by atoms with Crippen LogP contribution >= 0.6 is 0 Å². The van der Waals surface area contributed by atoms with Crippen LogP contribution in [0.4, 0.5) is 5.82 Å². The minimum Gasteiger partial charge on any atom is -0.478 e. The fraction of sp³-hybridized carbons (Fsp3) is 0.423. The molecule has 4 rings (SSSR count). The van der Waals surface area contributed by atoms with Crippen LogP contribution in [0.2, 0.25) is 0 Å². The Bertz CT molecular complexity index is 1340. The standard InChI is InChI=1S/C26H30N6O3/c1-5-20-15-32(24-23-22(30(4)26(35)29-24)12-11-19(13-27)28-23)21(6-2)14-31(20)16(3)17-7-9-18(10-8-17)25(33)34/h7-12,16,20-21H,5-6,14-15H2,1-4H3,(H,33,34)/t16?,20-,21+/m1/s1. The van der Waals surface area contributed by atoms with Gasteiger partial charge < -0.3 is 10.0 Å². The monoisotopic (exact) mass is 474 g/mol. The van der Waals surface area contributed by atoms with Gasteiger partial charge in [-0.2, -0.15) is 10.2 Å². The predicted octanol–water partition coefficient (Wildman–Crippen LogP) is 3.34. The fourth-order valence-corrected chi connectivity index (χ4v) is 4.99. The summed E-state index contributed by atoms with van der Waals surface area (Å²) in [6.07, 6.45) is 1.73. The van der Waals surface area contributed by atoms with Gasteiger partial charge in [-0.1, -0.05) is 26.0 Å². The van der Waals surface area contributed by atoms with Crippen molar-refractivity contribution in [1.82, 2.24) is 19.4 Å². The average molecular weight is 475 g/mol. The van der Waals surface area contributed by atoms with Gasteiger partial charge in [0.1, 0.15) is 17.3 Å². The lowest BCUT2D eigenvalue weighted by Gasteiger charge is -2.49. The SMILES string of the molecule is CC[C@H]1CN(C(C)c2ccc(C(=O)O)cc2)[C@H](CC)CN1c1nc(=O)n(C)c2ccc(C#N)nc12. The summed E-state index contributed by atoms with van der Waals surface area (Å²) >= 11 is 0. The van der Waals surface area contributed by atoms with Crippen LogP contribution in [0.15, 0.2) is 41.2 Å². The molecule has 9 nitrogen and oxygen atoms in total. The number of aryl methyl sites for hydroxylation is 1. The molecular weight excluding hydrogens is 444 g/mol. The Balaban J connectivity index is 1.72. The molecule has 1 aromatic carbocycles. The van der Waals surface area contributed by atoms with Gasteiger partial charge in [-0.15, -0.1) is 0 Å². The zero-order valence-electron chi connectivity index (χ0n) is 20.5. The Morgan fingerprint density at radius 1 is 1.11 bits per heavy atom.